The summed E-state index contributed by atoms with van der Waals surface area (Å²) in [7, 11) is -3.78. The summed E-state index contributed by atoms with van der Waals surface area (Å²) in [4.78, 5) is 15.4. The fourth-order valence-electron chi connectivity index (χ4n) is 4.32. The molecule has 0 fully saturated rings. The predicted molar refractivity (Wildman–Crippen MR) is 126 cm³/mol. The van der Waals surface area contributed by atoms with Crippen molar-refractivity contribution in [1.29, 1.82) is 0 Å². The average molecular weight is 465 g/mol. The second-order valence-corrected chi connectivity index (χ2v) is 10.2. The van der Waals surface area contributed by atoms with E-state index in [1.165, 1.54) is 12.1 Å². The lowest BCUT2D eigenvalue weighted by atomic mass is 10.0. The maximum absolute atomic E-state index is 13.4. The maximum atomic E-state index is 13.4. The third kappa shape index (κ3) is 3.59. The number of amides is 1. The molecular weight excluding hydrogens is 444 g/mol. The fraction of sp³-hybridized carbons (Fsp3) is 0.160. The van der Waals surface area contributed by atoms with Gasteiger partial charge in [-0.2, -0.15) is 0 Å². The van der Waals surface area contributed by atoms with Crippen molar-refractivity contribution in [2.75, 3.05) is 11.4 Å². The van der Waals surface area contributed by atoms with Gasteiger partial charge in [0.15, 0.2) is 0 Å². The van der Waals surface area contributed by atoms with Gasteiger partial charge in [0.05, 0.1) is 9.79 Å². The summed E-state index contributed by atoms with van der Waals surface area (Å²) < 4.78 is 28.5. The summed E-state index contributed by atoms with van der Waals surface area (Å²) in [6.07, 6.45) is 3.43. The van der Waals surface area contributed by atoms with Crippen LogP contribution in [0.5, 0.6) is 0 Å². The van der Waals surface area contributed by atoms with Gasteiger partial charge >= 0.3 is 0 Å². The zero-order chi connectivity index (χ0) is 22.3. The van der Waals surface area contributed by atoms with E-state index in [4.69, 9.17) is 11.6 Å². The molecule has 4 aromatic rings. The number of carbonyl (C=O) groups is 1. The highest BCUT2D eigenvalue weighted by Crippen LogP contribution is 2.32. The van der Waals surface area contributed by atoms with Gasteiger partial charge in [-0.15, -0.1) is 0 Å². The Morgan fingerprint density at radius 2 is 1.66 bits per heavy atom. The fourth-order valence-corrected chi connectivity index (χ4v) is 5.92. The van der Waals surface area contributed by atoms with E-state index in [9.17, 15) is 13.2 Å². The van der Waals surface area contributed by atoms with E-state index in [0.29, 0.717) is 22.5 Å². The molecule has 0 saturated carbocycles. The Morgan fingerprint density at radius 3 is 2.47 bits per heavy atom. The van der Waals surface area contributed by atoms with Crippen LogP contribution in [0.3, 0.4) is 0 Å². The smallest absolute Gasteiger partial charge is 0.246 e. The Kier molecular flexibility index (Phi) is 5.27. The summed E-state index contributed by atoms with van der Waals surface area (Å²) in [6, 6.07) is 21.3. The Balaban J connectivity index is 1.54. The monoisotopic (exact) mass is 464 g/mol. The minimum atomic E-state index is -3.78. The number of aryl methyl sites for hydroxylation is 1. The molecule has 32 heavy (non-hydrogen) atoms. The van der Waals surface area contributed by atoms with Crippen molar-refractivity contribution in [2.24, 2.45) is 0 Å². The lowest BCUT2D eigenvalue weighted by molar-refractivity contribution is -0.119. The Hall–Kier alpha value is -3.09. The van der Waals surface area contributed by atoms with Crippen LogP contribution in [-0.4, -0.2) is 25.4 Å². The number of aromatic nitrogens is 1. The van der Waals surface area contributed by atoms with Crippen LogP contribution in [0.15, 0.2) is 88.8 Å². The van der Waals surface area contributed by atoms with E-state index >= 15 is 0 Å². The molecule has 2 heterocycles. The number of para-hydroxylation sites is 2. The molecule has 3 aromatic carbocycles. The number of rotatable bonds is 4. The summed E-state index contributed by atoms with van der Waals surface area (Å²) >= 11 is 5.93. The highest BCUT2D eigenvalue weighted by atomic mass is 35.5. The number of benzene rings is 3. The van der Waals surface area contributed by atoms with Crippen LogP contribution in [0.25, 0.3) is 10.9 Å². The van der Waals surface area contributed by atoms with E-state index in [1.54, 1.807) is 39.9 Å². The van der Waals surface area contributed by atoms with Gasteiger partial charge in [-0.1, -0.05) is 48.0 Å². The van der Waals surface area contributed by atoms with Gasteiger partial charge in [0, 0.05) is 34.4 Å². The van der Waals surface area contributed by atoms with Crippen LogP contribution in [0, 0.1) is 0 Å². The summed E-state index contributed by atoms with van der Waals surface area (Å²) in [5.74, 6) is -0.0617. The molecule has 7 heteroatoms. The molecule has 1 amide bonds. The van der Waals surface area contributed by atoms with Crippen LogP contribution in [-0.2, 0) is 27.6 Å². The zero-order valence-electron chi connectivity index (χ0n) is 17.2. The molecule has 0 saturated heterocycles. The number of anilines is 1. The van der Waals surface area contributed by atoms with E-state index in [0.717, 1.165) is 24.1 Å². The van der Waals surface area contributed by atoms with Crippen LogP contribution in [0.4, 0.5) is 5.69 Å². The third-order valence-corrected chi connectivity index (χ3v) is 7.93. The Labute approximate surface area is 191 Å². The molecule has 5 rings (SSSR count). The standard InChI is InChI=1S/C25H21ClN2O3S/c26-19-11-13-20(14-12-19)32(30,31)24-16-27(23-10-4-2-8-21(23)24)17-25(29)28-15-5-7-18-6-1-3-9-22(18)28/h1-4,6,8-14,16H,5,7,15,17H2. The molecule has 0 unspecified atom stereocenters. The first-order valence-electron chi connectivity index (χ1n) is 10.4. The topological polar surface area (TPSA) is 59.4 Å². The predicted octanol–water partition coefficient (Wildman–Crippen LogP) is 5.11. The molecule has 0 atom stereocenters. The molecule has 0 radical (unpaired) electrons. The number of hydrogen-bond acceptors (Lipinski definition) is 3. The number of nitrogens with zero attached hydrogens (tertiary/aromatic N) is 2. The summed E-state index contributed by atoms with van der Waals surface area (Å²) in [5, 5.41) is 1.06. The molecule has 1 aromatic heterocycles. The first-order chi connectivity index (χ1) is 15.4. The van der Waals surface area contributed by atoms with Gasteiger partial charge in [-0.05, 0) is 54.8 Å². The van der Waals surface area contributed by atoms with Gasteiger partial charge in [0.1, 0.15) is 6.54 Å². The average Bonchev–Trinajstić information content (AvgIpc) is 3.18. The van der Waals surface area contributed by atoms with Crippen molar-refractivity contribution in [3.8, 4) is 0 Å². The normalized spacial score (nSPS) is 13.8. The van der Waals surface area contributed by atoms with E-state index < -0.39 is 9.84 Å². The molecule has 1 aliphatic rings. The van der Waals surface area contributed by atoms with Gasteiger partial charge < -0.3 is 9.47 Å². The molecule has 0 aliphatic carbocycles. The number of sulfone groups is 1. The highest BCUT2D eigenvalue weighted by molar-refractivity contribution is 7.91. The first-order valence-corrected chi connectivity index (χ1v) is 12.3. The number of fused-ring (bicyclic) bond motifs is 2. The van der Waals surface area contributed by atoms with E-state index in [-0.39, 0.29) is 22.2 Å². The van der Waals surface area contributed by atoms with Crippen LogP contribution in [0.1, 0.15) is 12.0 Å². The van der Waals surface area contributed by atoms with Crippen molar-refractivity contribution in [3.05, 3.63) is 89.6 Å². The molecule has 0 N–H and O–H groups in total. The van der Waals surface area contributed by atoms with E-state index in [1.807, 2.05) is 30.3 Å². The third-order valence-electron chi connectivity index (χ3n) is 5.88. The van der Waals surface area contributed by atoms with E-state index in [2.05, 4.69) is 6.07 Å². The Bertz CT molecular complexity index is 1430. The molecule has 0 spiro atoms. The molecule has 162 valence electrons. The number of hydrogen-bond donors (Lipinski definition) is 0. The molecule has 1 aliphatic heterocycles. The summed E-state index contributed by atoms with van der Waals surface area (Å²) in [5.41, 5.74) is 2.81. The minimum absolute atomic E-state index is 0.0605. The summed E-state index contributed by atoms with van der Waals surface area (Å²) in [6.45, 7) is 0.718. The lowest BCUT2D eigenvalue weighted by Crippen LogP contribution is -2.37. The Morgan fingerprint density at radius 1 is 0.938 bits per heavy atom. The quantitative estimate of drug-likeness (QED) is 0.422. The highest BCUT2D eigenvalue weighted by Gasteiger charge is 2.26. The van der Waals surface area contributed by atoms with Crippen LogP contribution >= 0.6 is 11.6 Å². The minimum Gasteiger partial charge on any atom is -0.337 e. The first kappa shape index (κ1) is 20.8. The molecule has 5 nitrogen and oxygen atoms in total. The largest absolute Gasteiger partial charge is 0.337 e. The van der Waals surface area contributed by atoms with Crippen molar-refractivity contribution >= 4 is 43.9 Å². The van der Waals surface area contributed by atoms with Gasteiger partial charge in [-0.3, -0.25) is 4.79 Å². The SMILES string of the molecule is O=C(Cn1cc(S(=O)(=O)c2ccc(Cl)cc2)c2ccccc21)N1CCCc2ccccc21. The molecule has 0 bridgehead atoms. The lowest BCUT2D eigenvalue weighted by Gasteiger charge is -2.29. The van der Waals surface area contributed by atoms with Crippen LogP contribution < -0.4 is 4.90 Å². The van der Waals surface area contributed by atoms with Crippen molar-refractivity contribution < 1.29 is 13.2 Å². The molecular formula is C25H21ClN2O3S. The zero-order valence-corrected chi connectivity index (χ0v) is 18.8. The second kappa shape index (κ2) is 8.11. The van der Waals surface area contributed by atoms with Gasteiger partial charge in [-0.25, -0.2) is 8.42 Å². The number of halogens is 1. The number of carbonyl (C=O) groups excluding carboxylic acids is 1. The van der Waals surface area contributed by atoms with Gasteiger partial charge in [0.2, 0.25) is 15.7 Å². The van der Waals surface area contributed by atoms with Crippen LogP contribution in [0.2, 0.25) is 5.02 Å². The van der Waals surface area contributed by atoms with Crippen molar-refractivity contribution in [3.63, 3.8) is 0 Å². The van der Waals surface area contributed by atoms with Crippen molar-refractivity contribution in [2.45, 2.75) is 29.2 Å². The second-order valence-electron chi connectivity index (χ2n) is 7.87. The van der Waals surface area contributed by atoms with Crippen molar-refractivity contribution in [1.82, 2.24) is 4.57 Å². The van der Waals surface area contributed by atoms with Gasteiger partial charge in [0.25, 0.3) is 0 Å². The maximum Gasteiger partial charge on any atom is 0.246 e.